The van der Waals surface area contributed by atoms with Gasteiger partial charge in [0.15, 0.2) is 14.1 Å². The molecule has 32 heavy (non-hydrogen) atoms. The lowest BCUT2D eigenvalue weighted by Gasteiger charge is -2.40. The summed E-state index contributed by atoms with van der Waals surface area (Å²) >= 11 is 0. The molecule has 0 spiro atoms. The lowest BCUT2D eigenvalue weighted by molar-refractivity contribution is -0.141. The van der Waals surface area contributed by atoms with E-state index < -0.39 is 43.8 Å². The molecule has 2 amide bonds. The number of ether oxygens (including phenoxy) is 2. The van der Waals surface area contributed by atoms with Gasteiger partial charge in [0.2, 0.25) is 5.91 Å². The number of carbonyl (C=O) groups excluding carboxylic acids is 3. The fraction of sp³-hybridized carbons (Fsp3) is 0.682. The van der Waals surface area contributed by atoms with Crippen molar-refractivity contribution in [3.8, 4) is 12.3 Å². The maximum atomic E-state index is 12.4. The molecule has 1 aliphatic rings. The van der Waals surface area contributed by atoms with E-state index in [-0.39, 0.29) is 24.8 Å². The van der Waals surface area contributed by atoms with Crippen LogP contribution in [0.25, 0.3) is 0 Å². The predicted molar refractivity (Wildman–Crippen MR) is 122 cm³/mol. The van der Waals surface area contributed by atoms with Gasteiger partial charge in [0.25, 0.3) is 0 Å². The third-order valence-electron chi connectivity index (χ3n) is 6.14. The van der Waals surface area contributed by atoms with Crippen molar-refractivity contribution in [2.45, 2.75) is 77.6 Å². The second-order valence-electron chi connectivity index (χ2n) is 9.32. The van der Waals surface area contributed by atoms with Crippen LogP contribution >= 0.6 is 0 Å². The largest absolute Gasteiger partial charge is 0.447 e. The summed E-state index contributed by atoms with van der Waals surface area (Å²) in [7, 11) is -2.65. The van der Waals surface area contributed by atoms with Gasteiger partial charge in [-0.3, -0.25) is 14.5 Å². The first-order chi connectivity index (χ1) is 14.6. The van der Waals surface area contributed by atoms with E-state index in [0.29, 0.717) is 12.0 Å². The topological polar surface area (TPSA) is 125 Å². The van der Waals surface area contributed by atoms with Crippen molar-refractivity contribution in [1.82, 2.24) is 10.2 Å². The molecule has 1 saturated heterocycles. The number of hydrogen-bond donors (Lipinski definition) is 3. The Morgan fingerprint density at radius 1 is 1.28 bits per heavy atom. The van der Waals surface area contributed by atoms with Crippen molar-refractivity contribution in [3.05, 3.63) is 11.8 Å². The number of ketones is 1. The van der Waals surface area contributed by atoms with Crippen LogP contribution in [0.2, 0.25) is 18.1 Å². The van der Waals surface area contributed by atoms with Gasteiger partial charge in [0.05, 0.1) is 12.6 Å². The highest BCUT2D eigenvalue weighted by Crippen LogP contribution is 2.46. The van der Waals surface area contributed by atoms with Crippen LogP contribution in [0.1, 0.15) is 41.0 Å². The molecule has 0 bridgehead atoms. The average Bonchev–Trinajstić information content (AvgIpc) is 2.96. The van der Waals surface area contributed by atoms with Gasteiger partial charge in [-0.25, -0.2) is 4.79 Å². The van der Waals surface area contributed by atoms with Gasteiger partial charge >= 0.3 is 6.09 Å². The first-order valence-electron chi connectivity index (χ1n) is 10.5. The van der Waals surface area contributed by atoms with Gasteiger partial charge in [0, 0.05) is 24.6 Å². The number of aliphatic hydroxyl groups excluding tert-OH is 1. The van der Waals surface area contributed by atoms with Crippen molar-refractivity contribution in [3.63, 3.8) is 0 Å². The maximum absolute atomic E-state index is 12.4. The van der Waals surface area contributed by atoms with Crippen molar-refractivity contribution in [1.29, 1.82) is 0 Å². The predicted octanol–water partition coefficient (Wildman–Crippen LogP) is 1.76. The summed E-state index contributed by atoms with van der Waals surface area (Å²) in [4.78, 5) is 48.0. The van der Waals surface area contributed by atoms with E-state index >= 15 is 0 Å². The Balaban J connectivity index is 3.24. The molecular weight excluding hydrogens is 432 g/mol. The Kier molecular flexibility index (Phi) is 9.65. The molecule has 0 saturated carbocycles. The van der Waals surface area contributed by atoms with E-state index in [2.05, 4.69) is 11.2 Å². The first-order valence-corrected chi connectivity index (χ1v) is 13.5. The molecule has 1 rings (SSSR count). The molecule has 1 fully saturated rings. The molecule has 1 heterocycles. The minimum absolute atomic E-state index is 0.00417. The molecule has 1 unspecified atom stereocenters. The molecule has 0 aromatic rings. The highest BCUT2D eigenvalue weighted by Gasteiger charge is 2.51. The van der Waals surface area contributed by atoms with Gasteiger partial charge < -0.3 is 24.7 Å². The van der Waals surface area contributed by atoms with Crippen molar-refractivity contribution < 1.29 is 33.8 Å². The normalized spacial score (nSPS) is 23.9. The SMILES string of the molecule is C#CCNC(=O)OC[C@H]1O[C@@H](N(/C=C(/C)C(C)=O)C(C)=O)[C@@H](CC(C)(C)[Si](C)(C)O)C1O. The standard InChI is InChI=1S/C22H36N2O7Si/c1-9-10-23-21(28)30-13-18-19(27)17(11-22(5,6)32(7,8)29)20(31-18)24(16(4)26)12-14(2)15(3)25/h1,12,17-20,27,29H,10-11,13H2,2-8H3,(H,23,28)/b14-12-/t17-,18+,19?,20+/m0/s1. The Morgan fingerprint density at radius 3 is 2.34 bits per heavy atom. The summed E-state index contributed by atoms with van der Waals surface area (Å²) in [6, 6.07) is 0. The van der Waals surface area contributed by atoms with Crippen LogP contribution in [-0.4, -0.2) is 72.5 Å². The van der Waals surface area contributed by atoms with Gasteiger partial charge in [-0.2, -0.15) is 0 Å². The van der Waals surface area contributed by atoms with E-state index in [1.54, 1.807) is 6.92 Å². The Bertz CT molecular complexity index is 782. The Morgan fingerprint density at radius 2 is 1.88 bits per heavy atom. The van der Waals surface area contributed by atoms with Gasteiger partial charge in [-0.05, 0) is 38.4 Å². The molecule has 180 valence electrons. The number of nitrogens with one attached hydrogen (secondary N) is 1. The number of aliphatic hydroxyl groups is 1. The third-order valence-corrected chi connectivity index (χ3v) is 9.66. The molecule has 10 heteroatoms. The van der Waals surface area contributed by atoms with Crippen LogP contribution in [0, 0.1) is 18.3 Å². The molecule has 1 aliphatic heterocycles. The fourth-order valence-electron chi connectivity index (χ4n) is 3.25. The van der Waals surface area contributed by atoms with Crippen LogP contribution in [0.15, 0.2) is 11.8 Å². The zero-order valence-corrected chi connectivity index (χ0v) is 21.0. The van der Waals surface area contributed by atoms with Crippen LogP contribution in [0.4, 0.5) is 4.79 Å². The molecule has 0 aliphatic carbocycles. The molecule has 9 nitrogen and oxygen atoms in total. The highest BCUT2D eigenvalue weighted by atomic mass is 28.4. The Labute approximate surface area is 191 Å². The number of hydrogen-bond acceptors (Lipinski definition) is 7. The number of Topliss-reactive ketones (excluding diaryl/α,β-unsaturated/α-hetero) is 1. The number of terminal acetylenes is 1. The quantitative estimate of drug-likeness (QED) is 0.267. The number of alkyl carbamates (subject to hydrolysis) is 1. The first kappa shape index (κ1) is 27.8. The minimum atomic E-state index is -2.65. The average molecular weight is 469 g/mol. The summed E-state index contributed by atoms with van der Waals surface area (Å²) < 4.78 is 11.1. The van der Waals surface area contributed by atoms with Gasteiger partial charge in [-0.15, -0.1) is 6.42 Å². The Hall–Kier alpha value is -2.19. The number of carbonyl (C=O) groups is 3. The maximum Gasteiger partial charge on any atom is 0.407 e. The summed E-state index contributed by atoms with van der Waals surface area (Å²) in [5.41, 5.74) is 0.349. The van der Waals surface area contributed by atoms with E-state index in [4.69, 9.17) is 15.9 Å². The zero-order chi connectivity index (χ0) is 24.9. The van der Waals surface area contributed by atoms with Crippen LogP contribution in [0.3, 0.4) is 0 Å². The summed E-state index contributed by atoms with van der Waals surface area (Å²) in [5.74, 6) is 1.08. The number of nitrogens with zero attached hydrogens (tertiary/aromatic N) is 1. The third kappa shape index (κ3) is 7.17. The minimum Gasteiger partial charge on any atom is -0.447 e. The second kappa shape index (κ2) is 11.1. The van der Waals surface area contributed by atoms with Gasteiger partial charge in [0.1, 0.15) is 18.9 Å². The molecule has 4 atom stereocenters. The number of amides is 2. The lowest BCUT2D eigenvalue weighted by atomic mass is 9.89. The molecular formula is C22H36N2O7Si. The number of allylic oxidation sites excluding steroid dienone is 1. The smallest absolute Gasteiger partial charge is 0.407 e. The van der Waals surface area contributed by atoms with Crippen LogP contribution in [-0.2, 0) is 19.1 Å². The summed E-state index contributed by atoms with van der Waals surface area (Å²) in [5, 5.41) is 12.9. The van der Waals surface area contributed by atoms with E-state index in [1.165, 1.54) is 24.9 Å². The zero-order valence-electron chi connectivity index (χ0n) is 20.0. The molecule has 0 radical (unpaired) electrons. The van der Waals surface area contributed by atoms with Crippen LogP contribution in [0.5, 0.6) is 0 Å². The second-order valence-corrected chi connectivity index (χ2v) is 13.8. The van der Waals surface area contributed by atoms with E-state index in [0.717, 1.165) is 0 Å². The monoisotopic (exact) mass is 468 g/mol. The highest BCUT2D eigenvalue weighted by molar-refractivity contribution is 6.72. The van der Waals surface area contributed by atoms with Gasteiger partial charge in [-0.1, -0.05) is 19.8 Å². The van der Waals surface area contributed by atoms with E-state index in [1.807, 2.05) is 26.9 Å². The number of rotatable bonds is 9. The van der Waals surface area contributed by atoms with Crippen molar-refractivity contribution >= 4 is 26.1 Å². The molecule has 0 aromatic carbocycles. The van der Waals surface area contributed by atoms with Crippen LogP contribution < -0.4 is 5.32 Å². The van der Waals surface area contributed by atoms with E-state index in [9.17, 15) is 24.3 Å². The van der Waals surface area contributed by atoms with Crippen molar-refractivity contribution in [2.24, 2.45) is 5.92 Å². The molecule has 3 N–H and O–H groups in total. The summed E-state index contributed by atoms with van der Waals surface area (Å²) in [6.07, 6.45) is 3.22. The summed E-state index contributed by atoms with van der Waals surface area (Å²) in [6.45, 7) is 11.5. The lowest BCUT2D eigenvalue weighted by Crippen LogP contribution is -2.46. The molecule has 0 aromatic heterocycles. The fourth-order valence-corrected chi connectivity index (χ4v) is 3.99. The van der Waals surface area contributed by atoms with Crippen molar-refractivity contribution in [2.75, 3.05) is 13.2 Å².